The summed E-state index contributed by atoms with van der Waals surface area (Å²) in [6.07, 6.45) is 0.959. The van der Waals surface area contributed by atoms with Crippen LogP contribution in [-0.2, 0) is 12.7 Å². The molecule has 5 nitrogen and oxygen atoms in total. The zero-order valence-electron chi connectivity index (χ0n) is 20.6. The fraction of sp³-hybridized carbons (Fsp3) is 0.200. The molecule has 0 spiro atoms. The van der Waals surface area contributed by atoms with Gasteiger partial charge in [-0.15, -0.1) is 0 Å². The van der Waals surface area contributed by atoms with E-state index in [4.69, 9.17) is 5.73 Å². The van der Waals surface area contributed by atoms with Crippen molar-refractivity contribution in [1.82, 2.24) is 9.78 Å². The number of halogens is 3. The maximum atomic E-state index is 13.5. The van der Waals surface area contributed by atoms with Gasteiger partial charge >= 0.3 is 6.18 Å². The topological polar surface area (TPSA) is 72.9 Å². The van der Waals surface area contributed by atoms with Gasteiger partial charge in [-0.05, 0) is 71.7 Å². The quantitative estimate of drug-likeness (QED) is 0.270. The largest absolute Gasteiger partial charge is 0.435 e. The summed E-state index contributed by atoms with van der Waals surface area (Å²) in [7, 11) is 0. The van der Waals surface area contributed by atoms with E-state index in [0.29, 0.717) is 22.9 Å². The van der Waals surface area contributed by atoms with E-state index >= 15 is 0 Å². The van der Waals surface area contributed by atoms with Crippen LogP contribution in [0, 0.1) is 5.92 Å². The second-order valence-electron chi connectivity index (χ2n) is 9.40. The Balaban J connectivity index is 1.47. The van der Waals surface area contributed by atoms with Crippen LogP contribution in [0.15, 0.2) is 91.0 Å². The SMILES string of the molecule is NCc1cccc(-n2nc(C(F)(F)F)cc2C(=O)Nc2cccc(/C(=C\CC3CC3)c3ccccc3)c2)c1. The number of amides is 1. The number of hydrogen-bond donors (Lipinski definition) is 2. The van der Waals surface area contributed by atoms with Gasteiger partial charge in [-0.25, -0.2) is 4.68 Å². The predicted molar refractivity (Wildman–Crippen MR) is 142 cm³/mol. The third-order valence-electron chi connectivity index (χ3n) is 6.49. The number of carbonyl (C=O) groups excluding carboxylic acids is 1. The molecule has 1 aromatic heterocycles. The summed E-state index contributed by atoms with van der Waals surface area (Å²) in [5, 5.41) is 6.47. The van der Waals surface area contributed by atoms with Gasteiger partial charge < -0.3 is 11.1 Å². The number of nitrogens with one attached hydrogen (secondary N) is 1. The van der Waals surface area contributed by atoms with Gasteiger partial charge in [-0.1, -0.05) is 60.7 Å². The minimum atomic E-state index is -4.71. The lowest BCUT2D eigenvalue weighted by Crippen LogP contribution is -2.17. The first-order valence-electron chi connectivity index (χ1n) is 12.5. The molecular weight excluding hydrogens is 489 g/mol. The zero-order chi connectivity index (χ0) is 26.7. The van der Waals surface area contributed by atoms with Gasteiger partial charge in [0.05, 0.1) is 5.69 Å². The average molecular weight is 517 g/mol. The molecule has 1 saturated carbocycles. The minimum Gasteiger partial charge on any atom is -0.326 e. The van der Waals surface area contributed by atoms with Crippen LogP contribution in [0.2, 0.25) is 0 Å². The Morgan fingerprint density at radius 3 is 2.42 bits per heavy atom. The van der Waals surface area contributed by atoms with E-state index in [2.05, 4.69) is 16.5 Å². The Hall–Kier alpha value is -4.17. The third-order valence-corrected chi connectivity index (χ3v) is 6.49. The normalized spacial score (nSPS) is 13.9. The molecule has 3 N–H and O–H groups in total. The van der Waals surface area contributed by atoms with Crippen LogP contribution >= 0.6 is 0 Å². The van der Waals surface area contributed by atoms with E-state index in [1.54, 1.807) is 30.3 Å². The Bertz CT molecular complexity index is 1470. The predicted octanol–water partition coefficient (Wildman–Crippen LogP) is 6.83. The highest BCUT2D eigenvalue weighted by Crippen LogP contribution is 2.35. The zero-order valence-corrected chi connectivity index (χ0v) is 20.6. The first kappa shape index (κ1) is 25.5. The van der Waals surface area contributed by atoms with Crippen molar-refractivity contribution in [3.8, 4) is 5.69 Å². The summed E-state index contributed by atoms with van der Waals surface area (Å²) < 4.78 is 41.6. The summed E-state index contributed by atoms with van der Waals surface area (Å²) in [5.74, 6) is 0.00371. The number of rotatable bonds is 8. The van der Waals surface area contributed by atoms with Gasteiger partial charge in [0.2, 0.25) is 0 Å². The Kier molecular flexibility index (Phi) is 7.15. The Morgan fingerprint density at radius 2 is 1.71 bits per heavy atom. The lowest BCUT2D eigenvalue weighted by Gasteiger charge is -2.12. The number of alkyl halides is 3. The first-order valence-corrected chi connectivity index (χ1v) is 12.5. The van der Waals surface area contributed by atoms with Crippen LogP contribution in [0.5, 0.6) is 0 Å². The van der Waals surface area contributed by atoms with Crippen LogP contribution in [-0.4, -0.2) is 15.7 Å². The van der Waals surface area contributed by atoms with Crippen molar-refractivity contribution in [2.45, 2.75) is 32.0 Å². The number of anilines is 1. The monoisotopic (exact) mass is 516 g/mol. The molecule has 1 aliphatic rings. The number of hydrogen-bond acceptors (Lipinski definition) is 3. The van der Waals surface area contributed by atoms with E-state index in [1.165, 1.54) is 12.8 Å². The highest BCUT2D eigenvalue weighted by Gasteiger charge is 2.36. The lowest BCUT2D eigenvalue weighted by molar-refractivity contribution is -0.141. The highest BCUT2D eigenvalue weighted by atomic mass is 19.4. The number of nitrogens with zero attached hydrogens (tertiary/aromatic N) is 2. The summed E-state index contributed by atoms with van der Waals surface area (Å²) in [6, 6.07) is 24.7. The molecule has 0 atom stereocenters. The molecule has 194 valence electrons. The van der Waals surface area contributed by atoms with E-state index < -0.39 is 17.8 Å². The van der Waals surface area contributed by atoms with E-state index in [0.717, 1.165) is 33.9 Å². The standard InChI is InChI=1S/C30H27F3N4O/c31-30(32,33)28-18-27(37(36-28)25-11-4-6-21(16-25)19-34)29(38)35-24-10-5-9-23(17-24)26(15-14-20-12-13-20)22-7-2-1-3-8-22/h1-11,15-18,20H,12-14,19,34H2,(H,35,38)/b26-15-. The molecule has 0 bridgehead atoms. The lowest BCUT2D eigenvalue weighted by atomic mass is 9.96. The molecule has 0 radical (unpaired) electrons. The van der Waals surface area contributed by atoms with Crippen molar-refractivity contribution in [2.75, 3.05) is 5.32 Å². The number of aromatic nitrogens is 2. The summed E-state index contributed by atoms with van der Waals surface area (Å²) >= 11 is 0. The second-order valence-corrected chi connectivity index (χ2v) is 9.40. The van der Waals surface area contributed by atoms with Crippen molar-refractivity contribution < 1.29 is 18.0 Å². The smallest absolute Gasteiger partial charge is 0.326 e. The van der Waals surface area contributed by atoms with Crippen LogP contribution in [0.25, 0.3) is 11.3 Å². The maximum absolute atomic E-state index is 13.5. The maximum Gasteiger partial charge on any atom is 0.435 e. The van der Waals surface area contributed by atoms with E-state index in [-0.39, 0.29) is 12.2 Å². The van der Waals surface area contributed by atoms with E-state index in [1.807, 2.05) is 48.5 Å². The van der Waals surface area contributed by atoms with Crippen molar-refractivity contribution in [1.29, 1.82) is 0 Å². The highest BCUT2D eigenvalue weighted by molar-refractivity contribution is 6.04. The minimum absolute atomic E-state index is 0.202. The van der Waals surface area contributed by atoms with Crippen LogP contribution in [0.1, 0.15) is 52.1 Å². The number of benzene rings is 3. The molecule has 8 heteroatoms. The van der Waals surface area contributed by atoms with Crippen LogP contribution in [0.4, 0.5) is 18.9 Å². The molecule has 38 heavy (non-hydrogen) atoms. The summed E-state index contributed by atoms with van der Waals surface area (Å²) in [4.78, 5) is 13.3. The first-order chi connectivity index (χ1) is 18.3. The van der Waals surface area contributed by atoms with Gasteiger partial charge in [0, 0.05) is 18.3 Å². The fourth-order valence-electron chi connectivity index (χ4n) is 4.31. The van der Waals surface area contributed by atoms with Crippen LogP contribution < -0.4 is 11.1 Å². The molecule has 1 fully saturated rings. The molecule has 0 aliphatic heterocycles. The van der Waals surface area contributed by atoms with Crippen LogP contribution in [0.3, 0.4) is 0 Å². The average Bonchev–Trinajstić information content (AvgIpc) is 3.63. The summed E-state index contributed by atoms with van der Waals surface area (Å²) in [6.45, 7) is 0.202. The molecule has 1 heterocycles. The third kappa shape index (κ3) is 5.86. The molecule has 0 unspecified atom stereocenters. The number of carbonyl (C=O) groups is 1. The molecule has 0 saturated heterocycles. The van der Waals surface area contributed by atoms with Gasteiger partial charge in [-0.2, -0.15) is 18.3 Å². The van der Waals surface area contributed by atoms with Crippen molar-refractivity contribution >= 4 is 17.2 Å². The molecule has 4 aromatic rings. The molecule has 5 rings (SSSR count). The summed E-state index contributed by atoms with van der Waals surface area (Å²) in [5.41, 5.74) is 8.83. The molecule has 1 aliphatic carbocycles. The van der Waals surface area contributed by atoms with Crippen molar-refractivity contribution in [2.24, 2.45) is 11.7 Å². The Labute approximate surface area is 218 Å². The molecular formula is C30H27F3N4O. The molecule has 1 amide bonds. The molecule has 3 aromatic carbocycles. The van der Waals surface area contributed by atoms with Gasteiger partial charge in [0.25, 0.3) is 5.91 Å². The van der Waals surface area contributed by atoms with Gasteiger partial charge in [0.1, 0.15) is 5.69 Å². The Morgan fingerprint density at radius 1 is 0.974 bits per heavy atom. The fourth-order valence-corrected chi connectivity index (χ4v) is 4.31. The number of nitrogens with two attached hydrogens (primary N) is 1. The van der Waals surface area contributed by atoms with Crippen molar-refractivity contribution in [3.63, 3.8) is 0 Å². The van der Waals surface area contributed by atoms with Gasteiger partial charge in [0.15, 0.2) is 5.69 Å². The van der Waals surface area contributed by atoms with Crippen molar-refractivity contribution in [3.05, 3.63) is 119 Å². The van der Waals surface area contributed by atoms with Gasteiger partial charge in [-0.3, -0.25) is 4.79 Å². The van der Waals surface area contributed by atoms with E-state index in [9.17, 15) is 18.0 Å². The second kappa shape index (κ2) is 10.7. The number of allylic oxidation sites excluding steroid dienone is 1.